The number of rotatable bonds is 13. The fraction of sp³-hybridized carbons (Fsp3) is 0.200. The van der Waals surface area contributed by atoms with Gasteiger partial charge in [0.1, 0.15) is 11.6 Å². The van der Waals surface area contributed by atoms with Gasteiger partial charge in [0.15, 0.2) is 18.6 Å². The summed E-state index contributed by atoms with van der Waals surface area (Å²) < 4.78 is 12.0. The Morgan fingerprint density at radius 2 is 1.54 bits per heavy atom. The summed E-state index contributed by atoms with van der Waals surface area (Å²) in [6.45, 7) is 6.19. The Labute approximate surface area is 375 Å². The van der Waals surface area contributed by atoms with E-state index < -0.39 is 11.4 Å². The van der Waals surface area contributed by atoms with Crippen molar-refractivity contribution >= 4 is 139 Å². The van der Waals surface area contributed by atoms with Crippen molar-refractivity contribution in [2.24, 2.45) is 4.99 Å². The normalized spacial score (nSPS) is 15.0. The third-order valence-corrected chi connectivity index (χ3v) is 13.1. The van der Waals surface area contributed by atoms with Crippen LogP contribution in [-0.4, -0.2) is 36.4 Å². The van der Waals surface area contributed by atoms with Crippen LogP contribution in [0.15, 0.2) is 88.8 Å². The predicted molar refractivity (Wildman–Crippen MR) is 241 cm³/mol. The van der Waals surface area contributed by atoms with Crippen molar-refractivity contribution in [2.45, 2.75) is 43.4 Å². The van der Waals surface area contributed by atoms with Gasteiger partial charge in [0.05, 0.1) is 69.0 Å². The zero-order chi connectivity index (χ0) is 41.0. The second-order valence-corrected chi connectivity index (χ2v) is 17.1. The summed E-state index contributed by atoms with van der Waals surface area (Å²) in [5, 5.41) is 9.01. The Balaban J connectivity index is 1.29. The Morgan fingerprint density at radius 3 is 2.23 bits per heavy atom. The molecule has 0 aromatic heterocycles. The van der Waals surface area contributed by atoms with Gasteiger partial charge in [-0.05, 0) is 74.4 Å². The number of amidine groups is 1. The Kier molecular flexibility index (Phi) is 14.7. The fourth-order valence-electron chi connectivity index (χ4n) is 5.77. The van der Waals surface area contributed by atoms with E-state index in [1.54, 1.807) is 41.4 Å². The van der Waals surface area contributed by atoms with E-state index in [1.807, 2.05) is 63.2 Å². The number of amides is 1. The Morgan fingerprint density at radius 1 is 0.860 bits per heavy atom. The zero-order valence-electron chi connectivity index (χ0n) is 30.3. The van der Waals surface area contributed by atoms with E-state index in [0.29, 0.717) is 61.6 Å². The summed E-state index contributed by atoms with van der Waals surface area (Å²) in [5.41, 5.74) is 7.36. The van der Waals surface area contributed by atoms with Crippen molar-refractivity contribution in [3.63, 3.8) is 0 Å². The van der Waals surface area contributed by atoms with Crippen LogP contribution < -0.4 is 30.5 Å². The number of aliphatic imine (C=N–C) groups is 1. The molecular formula is C40H33Cl8N5O3S. The molecule has 1 aliphatic rings. The first-order valence-electron chi connectivity index (χ1n) is 17.3. The number of halogens is 8. The average molecular weight is 947 g/mol. The van der Waals surface area contributed by atoms with Crippen LogP contribution in [0.1, 0.15) is 24.5 Å². The number of benzene rings is 5. The van der Waals surface area contributed by atoms with Gasteiger partial charge >= 0.3 is 0 Å². The molecule has 1 fully saturated rings. The maximum Gasteiger partial charge on any atom is 0.265 e. The molecule has 0 radical (unpaired) electrons. The molecule has 0 saturated carbocycles. The van der Waals surface area contributed by atoms with Crippen molar-refractivity contribution in [1.29, 1.82) is 0 Å². The number of hydrazine groups is 1. The average Bonchev–Trinajstić information content (AvgIpc) is 3.56. The predicted octanol–water partition coefficient (Wildman–Crippen LogP) is 14.0. The van der Waals surface area contributed by atoms with Gasteiger partial charge in [0, 0.05) is 10.6 Å². The maximum atomic E-state index is 13.7. The molecule has 2 atom stereocenters. The van der Waals surface area contributed by atoms with E-state index in [2.05, 4.69) is 16.1 Å². The number of anilines is 3. The molecule has 5 aromatic carbocycles. The fourth-order valence-corrected chi connectivity index (χ4v) is 8.92. The smallest absolute Gasteiger partial charge is 0.265 e. The molecule has 6 rings (SSSR count). The van der Waals surface area contributed by atoms with E-state index in [-0.39, 0.29) is 44.3 Å². The van der Waals surface area contributed by atoms with Crippen LogP contribution in [0.3, 0.4) is 0 Å². The zero-order valence-corrected chi connectivity index (χ0v) is 37.2. The van der Waals surface area contributed by atoms with Gasteiger partial charge in [-0.25, -0.2) is 4.99 Å². The molecule has 3 N–H and O–H groups in total. The number of nitrogens with zero attached hydrogens (tertiary/aromatic N) is 2. The van der Waals surface area contributed by atoms with E-state index in [0.717, 1.165) is 16.0 Å². The molecule has 5 aromatic rings. The van der Waals surface area contributed by atoms with E-state index in [1.165, 1.54) is 11.8 Å². The first-order chi connectivity index (χ1) is 27.2. The first kappa shape index (κ1) is 43.5. The molecule has 1 heterocycles. The van der Waals surface area contributed by atoms with Gasteiger partial charge in [-0.3, -0.25) is 15.2 Å². The van der Waals surface area contributed by atoms with Crippen LogP contribution in [0.2, 0.25) is 40.2 Å². The lowest BCUT2D eigenvalue weighted by Gasteiger charge is -2.23. The van der Waals surface area contributed by atoms with Crippen molar-refractivity contribution in [3.8, 4) is 11.5 Å². The monoisotopic (exact) mass is 943 g/mol. The third kappa shape index (κ3) is 10.2. The van der Waals surface area contributed by atoms with Gasteiger partial charge in [0.2, 0.25) is 0 Å². The summed E-state index contributed by atoms with van der Waals surface area (Å²) in [7, 11) is 0. The van der Waals surface area contributed by atoms with Gasteiger partial charge < -0.3 is 20.1 Å². The van der Waals surface area contributed by atoms with Crippen LogP contribution in [0.4, 0.5) is 22.7 Å². The minimum absolute atomic E-state index is 0.0320. The van der Waals surface area contributed by atoms with Crippen LogP contribution in [0, 0.1) is 13.8 Å². The highest BCUT2D eigenvalue weighted by Crippen LogP contribution is 2.49. The molecule has 1 aliphatic heterocycles. The van der Waals surface area contributed by atoms with Crippen LogP contribution in [0.5, 0.6) is 11.5 Å². The molecule has 0 spiro atoms. The minimum Gasteiger partial charge on any atom is -0.480 e. The van der Waals surface area contributed by atoms with E-state index >= 15 is 0 Å². The molecule has 57 heavy (non-hydrogen) atoms. The first-order valence-corrected chi connectivity index (χ1v) is 21.2. The van der Waals surface area contributed by atoms with E-state index in [9.17, 15) is 4.79 Å². The topological polar surface area (TPSA) is 87.2 Å². The highest BCUT2D eigenvalue weighted by atomic mass is 35.5. The lowest BCUT2D eigenvalue weighted by atomic mass is 10.1. The number of thioether (sulfide) groups is 1. The third-order valence-electron chi connectivity index (χ3n) is 8.64. The van der Waals surface area contributed by atoms with Gasteiger partial charge in [-0.15, -0.1) is 11.8 Å². The van der Waals surface area contributed by atoms with E-state index in [4.69, 9.17) is 107 Å². The number of hydrogen-bond acceptors (Lipinski definition) is 7. The van der Waals surface area contributed by atoms with Crippen LogP contribution in [-0.2, 0) is 4.79 Å². The van der Waals surface area contributed by atoms with Crippen molar-refractivity contribution in [1.82, 2.24) is 5.43 Å². The number of para-hydroxylation sites is 2. The highest BCUT2D eigenvalue weighted by Gasteiger charge is 2.35. The number of carbonyl (C=O) groups excluding carboxylic acids is 1. The highest BCUT2D eigenvalue weighted by molar-refractivity contribution is 8.00. The summed E-state index contributed by atoms with van der Waals surface area (Å²) in [4.78, 5) is 19.4. The van der Waals surface area contributed by atoms with Gasteiger partial charge in [-0.1, -0.05) is 136 Å². The molecular weight excluding hydrogens is 914 g/mol. The molecule has 1 saturated heterocycles. The number of carbonyl (C=O) groups is 1. The molecule has 0 aliphatic carbocycles. The van der Waals surface area contributed by atoms with Crippen molar-refractivity contribution in [2.75, 3.05) is 28.9 Å². The second-order valence-electron chi connectivity index (χ2n) is 12.7. The van der Waals surface area contributed by atoms with Crippen molar-refractivity contribution < 1.29 is 14.3 Å². The molecule has 1 amide bonds. The largest absolute Gasteiger partial charge is 0.480 e. The Hall–Kier alpha value is -3.09. The molecule has 2 unspecified atom stereocenters. The number of aryl methyl sites for hydroxylation is 2. The Bertz CT molecular complexity index is 2300. The molecule has 17 heteroatoms. The standard InChI is InChI=1S/C40H33Cl8N5O3S/c1-4-28(56-29-15-12-20(2)16-21(29)3)40(54)51-26-10-5-6-11-30(26)57-31-18-53(37-35(47)33(45)32(44)34(46)36(37)48)52-39(31)50-27-17-22(13-14-23(27)41)49-19-55-38-24(42)8-7-9-25(38)43/h5-17,28,31,49H,4,18-19H2,1-3H3,(H,50,52)(H,51,54). The lowest BCUT2D eigenvalue weighted by Crippen LogP contribution is -2.33. The molecule has 298 valence electrons. The number of hydrogen-bond donors (Lipinski definition) is 3. The summed E-state index contributed by atoms with van der Waals surface area (Å²) >= 11 is 53.4. The van der Waals surface area contributed by atoms with Crippen LogP contribution >= 0.6 is 105 Å². The summed E-state index contributed by atoms with van der Waals surface area (Å²) in [6, 6.07) is 23.7. The van der Waals surface area contributed by atoms with Gasteiger partial charge in [-0.2, -0.15) is 0 Å². The lowest BCUT2D eigenvalue weighted by molar-refractivity contribution is -0.122. The number of ether oxygens (including phenoxy) is 2. The molecule has 0 bridgehead atoms. The minimum atomic E-state index is -0.732. The summed E-state index contributed by atoms with van der Waals surface area (Å²) in [5.74, 6) is 1.20. The van der Waals surface area contributed by atoms with Crippen LogP contribution in [0.25, 0.3) is 0 Å². The SMILES string of the molecule is CCC(Oc1ccc(C)cc1C)C(=O)Nc1ccccc1SC1CN(c2c(Cl)c(Cl)c(Cl)c(Cl)c2Cl)NC1=Nc1cc(NCOc2c(Cl)cccc2Cl)ccc1Cl. The molecule has 8 nitrogen and oxygen atoms in total. The number of nitrogens with one attached hydrogen (secondary N) is 3. The van der Waals surface area contributed by atoms with Gasteiger partial charge in [0.25, 0.3) is 5.91 Å². The second kappa shape index (κ2) is 19.3. The summed E-state index contributed by atoms with van der Waals surface area (Å²) in [6.07, 6.45) is -0.279. The maximum absolute atomic E-state index is 13.7. The quantitative estimate of drug-likeness (QED) is 0.0616. The van der Waals surface area contributed by atoms with Crippen molar-refractivity contribution in [3.05, 3.63) is 130 Å².